The molecule has 0 saturated heterocycles. The van der Waals surface area contributed by atoms with Crippen LogP contribution in [-0.2, 0) is 4.74 Å². The Balaban J connectivity index is 2.27. The lowest BCUT2D eigenvalue weighted by molar-refractivity contribution is 0.0594. The van der Waals surface area contributed by atoms with Crippen molar-refractivity contribution in [3.05, 3.63) is 54.4 Å². The van der Waals surface area contributed by atoms with E-state index >= 15 is 0 Å². The summed E-state index contributed by atoms with van der Waals surface area (Å²) in [6.07, 6.45) is 1.81. The fourth-order valence-electron chi connectivity index (χ4n) is 2.10. The highest BCUT2D eigenvalue weighted by atomic mass is 16.5. The number of nitrogens with one attached hydrogen (secondary N) is 1. The van der Waals surface area contributed by atoms with Gasteiger partial charge >= 0.3 is 5.97 Å². The first-order chi connectivity index (χ1) is 9.29. The molecule has 0 radical (unpaired) electrons. The summed E-state index contributed by atoms with van der Waals surface area (Å²) in [6, 6.07) is 13.6. The van der Waals surface area contributed by atoms with Crippen LogP contribution in [0.5, 0.6) is 0 Å². The molecule has 19 heavy (non-hydrogen) atoms. The zero-order valence-electron chi connectivity index (χ0n) is 10.4. The van der Waals surface area contributed by atoms with Gasteiger partial charge in [0.05, 0.1) is 7.11 Å². The number of ether oxygens (including phenoxy) is 1. The molecule has 1 N–H and O–H groups in total. The van der Waals surface area contributed by atoms with Crippen LogP contribution in [0.1, 0.15) is 10.5 Å². The van der Waals surface area contributed by atoms with Gasteiger partial charge in [-0.1, -0.05) is 30.3 Å². The Morgan fingerprint density at radius 2 is 2.00 bits per heavy atom. The molecule has 0 atom stereocenters. The molecule has 0 aliphatic rings. The number of hydrogen-bond donors (Lipinski definition) is 1. The lowest BCUT2D eigenvalue weighted by Gasteiger charge is -2.06. The first-order valence-electron chi connectivity index (χ1n) is 5.91. The first-order valence-corrected chi connectivity index (χ1v) is 5.91. The summed E-state index contributed by atoms with van der Waals surface area (Å²) in [4.78, 5) is 19.0. The van der Waals surface area contributed by atoms with E-state index in [9.17, 15) is 4.79 Å². The van der Waals surface area contributed by atoms with E-state index in [-0.39, 0.29) is 0 Å². The van der Waals surface area contributed by atoms with Crippen molar-refractivity contribution in [2.75, 3.05) is 7.11 Å². The summed E-state index contributed by atoms with van der Waals surface area (Å²) in [5, 5.41) is 0.985. The molecule has 2 heterocycles. The zero-order valence-corrected chi connectivity index (χ0v) is 10.4. The number of pyridine rings is 1. The number of aromatic amines is 1. The molecule has 0 spiro atoms. The third-order valence-electron chi connectivity index (χ3n) is 3.01. The van der Waals surface area contributed by atoms with Crippen LogP contribution in [0.15, 0.2) is 48.7 Å². The molecule has 0 amide bonds. The molecule has 94 valence electrons. The topological polar surface area (TPSA) is 55.0 Å². The van der Waals surface area contributed by atoms with Crippen molar-refractivity contribution in [1.29, 1.82) is 0 Å². The van der Waals surface area contributed by atoms with Crippen LogP contribution < -0.4 is 0 Å². The highest BCUT2D eigenvalue weighted by Crippen LogP contribution is 2.28. The highest BCUT2D eigenvalue weighted by Gasteiger charge is 2.13. The summed E-state index contributed by atoms with van der Waals surface area (Å²) in [5.41, 5.74) is 2.99. The zero-order chi connectivity index (χ0) is 13.2. The van der Waals surface area contributed by atoms with Crippen LogP contribution in [0.3, 0.4) is 0 Å². The van der Waals surface area contributed by atoms with Gasteiger partial charge < -0.3 is 9.72 Å². The largest absolute Gasteiger partial charge is 0.464 e. The molecule has 3 aromatic rings. The molecule has 0 fully saturated rings. The molecule has 0 bridgehead atoms. The molecular weight excluding hydrogens is 240 g/mol. The average molecular weight is 252 g/mol. The van der Waals surface area contributed by atoms with E-state index in [1.165, 1.54) is 7.11 Å². The number of hydrogen-bond acceptors (Lipinski definition) is 3. The van der Waals surface area contributed by atoms with Gasteiger partial charge in [0.2, 0.25) is 0 Å². The van der Waals surface area contributed by atoms with Crippen LogP contribution in [-0.4, -0.2) is 23.0 Å². The minimum atomic E-state index is -0.436. The Bertz CT molecular complexity index is 732. The minimum absolute atomic E-state index is 0.302. The Labute approximate surface area is 110 Å². The van der Waals surface area contributed by atoms with Crippen molar-refractivity contribution in [3.8, 4) is 11.1 Å². The van der Waals surface area contributed by atoms with Gasteiger partial charge in [-0.05, 0) is 23.3 Å². The van der Waals surface area contributed by atoms with Crippen molar-refractivity contribution >= 4 is 17.0 Å². The van der Waals surface area contributed by atoms with Crippen molar-refractivity contribution in [3.63, 3.8) is 0 Å². The van der Waals surface area contributed by atoms with Gasteiger partial charge in [-0.3, -0.25) is 0 Å². The smallest absolute Gasteiger partial charge is 0.356 e. The van der Waals surface area contributed by atoms with Crippen molar-refractivity contribution in [2.24, 2.45) is 0 Å². The number of methoxy groups -OCH3 is 1. The van der Waals surface area contributed by atoms with Gasteiger partial charge in [-0.25, -0.2) is 9.78 Å². The summed E-state index contributed by atoms with van der Waals surface area (Å²) in [7, 11) is 1.35. The number of rotatable bonds is 2. The van der Waals surface area contributed by atoms with Gasteiger partial charge in [0.15, 0.2) is 5.69 Å². The fraction of sp³-hybridized carbons (Fsp3) is 0.0667. The fourth-order valence-corrected chi connectivity index (χ4v) is 2.10. The van der Waals surface area contributed by atoms with Crippen molar-refractivity contribution < 1.29 is 9.53 Å². The molecule has 3 rings (SSSR count). The molecule has 4 nitrogen and oxygen atoms in total. The van der Waals surface area contributed by atoms with E-state index in [4.69, 9.17) is 4.74 Å². The average Bonchev–Trinajstić information content (AvgIpc) is 2.94. The number of aromatic nitrogens is 2. The second-order valence-electron chi connectivity index (χ2n) is 4.15. The molecule has 2 aromatic heterocycles. The molecule has 0 aliphatic carbocycles. The highest BCUT2D eigenvalue weighted by molar-refractivity contribution is 5.98. The lowest BCUT2D eigenvalue weighted by Crippen LogP contribution is -2.04. The standard InChI is InChI=1S/C15H12N2O2/c1-19-15(18)13-9-12(10-5-3-2-4-6-10)11-7-8-16-14(11)17-13/h2-9H,1H3,(H,16,17). The Morgan fingerprint density at radius 1 is 1.21 bits per heavy atom. The van der Waals surface area contributed by atoms with Gasteiger partial charge in [0.25, 0.3) is 0 Å². The van der Waals surface area contributed by atoms with E-state index in [2.05, 4.69) is 9.97 Å². The maximum absolute atomic E-state index is 11.7. The van der Waals surface area contributed by atoms with Crippen LogP contribution >= 0.6 is 0 Å². The molecule has 0 saturated carbocycles. The number of benzene rings is 1. The molecular formula is C15H12N2O2. The van der Waals surface area contributed by atoms with Gasteiger partial charge in [0, 0.05) is 11.6 Å². The Kier molecular flexibility index (Phi) is 2.76. The van der Waals surface area contributed by atoms with E-state index in [1.54, 1.807) is 6.07 Å². The quantitative estimate of drug-likeness (QED) is 0.713. The first kappa shape index (κ1) is 11.5. The molecule has 1 aromatic carbocycles. The van der Waals surface area contributed by atoms with Crippen LogP contribution in [0, 0.1) is 0 Å². The SMILES string of the molecule is COC(=O)c1cc(-c2ccccc2)c2cc[nH]c2n1. The minimum Gasteiger partial charge on any atom is -0.464 e. The second kappa shape index (κ2) is 4.57. The van der Waals surface area contributed by atoms with E-state index in [0.717, 1.165) is 16.5 Å². The number of esters is 1. The summed E-state index contributed by atoms with van der Waals surface area (Å²) in [6.45, 7) is 0. The van der Waals surface area contributed by atoms with Crippen LogP contribution in [0.2, 0.25) is 0 Å². The predicted molar refractivity (Wildman–Crippen MR) is 72.9 cm³/mol. The molecule has 0 unspecified atom stereocenters. The molecule has 0 aliphatic heterocycles. The number of carbonyl (C=O) groups excluding carboxylic acids is 1. The number of H-pyrrole nitrogens is 1. The van der Waals surface area contributed by atoms with Gasteiger partial charge in [0.1, 0.15) is 5.65 Å². The maximum atomic E-state index is 11.7. The summed E-state index contributed by atoms with van der Waals surface area (Å²) in [5.74, 6) is -0.436. The predicted octanol–water partition coefficient (Wildman–Crippen LogP) is 3.02. The number of nitrogens with zero attached hydrogens (tertiary/aromatic N) is 1. The van der Waals surface area contributed by atoms with Crippen LogP contribution in [0.4, 0.5) is 0 Å². The number of fused-ring (bicyclic) bond motifs is 1. The van der Waals surface area contributed by atoms with Crippen LogP contribution in [0.25, 0.3) is 22.2 Å². The Hall–Kier alpha value is -2.62. The van der Waals surface area contributed by atoms with E-state index in [0.29, 0.717) is 11.3 Å². The van der Waals surface area contributed by atoms with Gasteiger partial charge in [-0.2, -0.15) is 0 Å². The lowest BCUT2D eigenvalue weighted by atomic mass is 10.0. The van der Waals surface area contributed by atoms with E-state index in [1.807, 2.05) is 42.6 Å². The summed E-state index contributed by atoms with van der Waals surface area (Å²) >= 11 is 0. The monoisotopic (exact) mass is 252 g/mol. The third-order valence-corrected chi connectivity index (χ3v) is 3.01. The third kappa shape index (κ3) is 1.97. The van der Waals surface area contributed by atoms with Crippen molar-refractivity contribution in [1.82, 2.24) is 9.97 Å². The maximum Gasteiger partial charge on any atom is 0.356 e. The number of carbonyl (C=O) groups is 1. The summed E-state index contributed by atoms with van der Waals surface area (Å²) < 4.78 is 4.74. The molecule has 4 heteroatoms. The normalized spacial score (nSPS) is 10.6. The van der Waals surface area contributed by atoms with Gasteiger partial charge in [-0.15, -0.1) is 0 Å². The Morgan fingerprint density at radius 3 is 2.74 bits per heavy atom. The van der Waals surface area contributed by atoms with E-state index < -0.39 is 5.97 Å². The second-order valence-corrected chi connectivity index (χ2v) is 4.15. The van der Waals surface area contributed by atoms with Crippen molar-refractivity contribution in [2.45, 2.75) is 0 Å².